The van der Waals surface area contributed by atoms with Crippen LogP contribution in [-0.4, -0.2) is 39.3 Å². The van der Waals surface area contributed by atoms with E-state index >= 15 is 0 Å². The summed E-state index contributed by atoms with van der Waals surface area (Å²) < 4.78 is 0. The van der Waals surface area contributed by atoms with Gasteiger partial charge in [0.25, 0.3) is 0 Å². The Hall–Kier alpha value is -2.90. The van der Waals surface area contributed by atoms with Crippen LogP contribution in [0.3, 0.4) is 0 Å². The van der Waals surface area contributed by atoms with Gasteiger partial charge in [0.15, 0.2) is 0 Å². The summed E-state index contributed by atoms with van der Waals surface area (Å²) in [5, 5.41) is 16.3. The first kappa shape index (κ1) is 21.0. The molecule has 166 valence electrons. The van der Waals surface area contributed by atoms with Gasteiger partial charge in [0.05, 0.1) is 11.8 Å². The third-order valence-electron chi connectivity index (χ3n) is 6.74. The highest BCUT2D eigenvalue weighted by Gasteiger charge is 2.71. The average Bonchev–Trinajstić information content (AvgIpc) is 3.28. The molecule has 32 heavy (non-hydrogen) atoms. The molecule has 0 unspecified atom stereocenters. The number of benzene rings is 2. The molecule has 3 amide bonds. The fraction of sp³-hybridized carbons (Fsp3) is 0.375. The highest BCUT2D eigenvalue weighted by atomic mass is 35.5. The normalized spacial score (nSPS) is 28.9. The van der Waals surface area contributed by atoms with Crippen molar-refractivity contribution in [3.63, 3.8) is 0 Å². The largest absolute Gasteiger partial charge is 0.508 e. The molecule has 0 bridgehead atoms. The molecule has 0 saturated carbocycles. The number of aromatic hydroxyl groups is 1. The molecule has 2 saturated heterocycles. The average molecular weight is 454 g/mol. The molecule has 5 rings (SSSR count). The van der Waals surface area contributed by atoms with Crippen LogP contribution < -0.4 is 10.6 Å². The number of carbonyl (C=O) groups is 3. The maximum absolute atomic E-state index is 13.7. The number of halogens is 1. The van der Waals surface area contributed by atoms with E-state index in [1.807, 2.05) is 20.8 Å². The van der Waals surface area contributed by atoms with E-state index in [1.54, 1.807) is 42.5 Å². The molecular formula is C24H24ClN3O4. The Balaban J connectivity index is 1.66. The minimum atomic E-state index is -1.38. The molecule has 2 aromatic carbocycles. The van der Waals surface area contributed by atoms with Crippen molar-refractivity contribution >= 4 is 35.0 Å². The van der Waals surface area contributed by atoms with Crippen molar-refractivity contribution in [3.05, 3.63) is 58.6 Å². The third-order valence-corrected chi connectivity index (χ3v) is 6.97. The first-order valence-electron chi connectivity index (χ1n) is 10.6. The second-order valence-electron chi connectivity index (χ2n) is 9.76. The fourth-order valence-electron chi connectivity index (χ4n) is 5.50. The van der Waals surface area contributed by atoms with Gasteiger partial charge >= 0.3 is 0 Å². The monoisotopic (exact) mass is 453 g/mol. The zero-order chi connectivity index (χ0) is 23.0. The first-order chi connectivity index (χ1) is 15.0. The number of fused-ring (bicyclic) bond motifs is 4. The van der Waals surface area contributed by atoms with Gasteiger partial charge in [-0.25, -0.2) is 0 Å². The third kappa shape index (κ3) is 2.81. The number of anilines is 1. The number of carbonyl (C=O) groups excluding carboxylic acids is 3. The molecule has 0 aliphatic carbocycles. The molecule has 0 aromatic heterocycles. The molecule has 3 heterocycles. The summed E-state index contributed by atoms with van der Waals surface area (Å²) in [5.41, 5.74) is -0.0235. The number of amides is 3. The van der Waals surface area contributed by atoms with Gasteiger partial charge in [-0.2, -0.15) is 0 Å². The van der Waals surface area contributed by atoms with Crippen LogP contribution >= 0.6 is 11.6 Å². The minimum Gasteiger partial charge on any atom is -0.508 e. The minimum absolute atomic E-state index is 0.146. The lowest BCUT2D eigenvalue weighted by Crippen LogP contribution is -2.56. The molecular weight excluding hydrogens is 430 g/mol. The van der Waals surface area contributed by atoms with Gasteiger partial charge in [-0.1, -0.05) is 23.7 Å². The van der Waals surface area contributed by atoms with Crippen LogP contribution in [0.4, 0.5) is 5.69 Å². The molecule has 1 spiro atoms. The molecule has 4 atom stereocenters. The van der Waals surface area contributed by atoms with Crippen molar-refractivity contribution in [1.29, 1.82) is 0 Å². The summed E-state index contributed by atoms with van der Waals surface area (Å²) in [5.74, 6) is -2.41. The van der Waals surface area contributed by atoms with Gasteiger partial charge in [0.1, 0.15) is 11.3 Å². The van der Waals surface area contributed by atoms with Crippen molar-refractivity contribution < 1.29 is 19.5 Å². The SMILES string of the molecule is CC(C)(C)N1C(=O)[C@@H]2[C@H](Cc3ccc(O)cc3)N[C@]3(C(=O)Nc4ccc(Cl)cc43)[C@@H]2C1=O. The summed E-state index contributed by atoms with van der Waals surface area (Å²) in [7, 11) is 0. The molecule has 3 aliphatic heterocycles. The second-order valence-corrected chi connectivity index (χ2v) is 10.2. The van der Waals surface area contributed by atoms with Crippen LogP contribution in [0.25, 0.3) is 0 Å². The molecule has 0 radical (unpaired) electrons. The lowest BCUT2D eigenvalue weighted by molar-refractivity contribution is -0.147. The number of phenols is 1. The zero-order valence-electron chi connectivity index (χ0n) is 18.0. The van der Waals surface area contributed by atoms with Gasteiger partial charge in [-0.05, 0) is 63.1 Å². The molecule has 8 heteroatoms. The van der Waals surface area contributed by atoms with E-state index in [4.69, 9.17) is 11.6 Å². The Morgan fingerprint density at radius 3 is 2.41 bits per heavy atom. The Labute approximate surface area is 190 Å². The maximum Gasteiger partial charge on any atom is 0.250 e. The second kappa shape index (κ2) is 6.80. The maximum atomic E-state index is 13.7. The molecule has 7 nitrogen and oxygen atoms in total. The smallest absolute Gasteiger partial charge is 0.250 e. The van der Waals surface area contributed by atoms with Crippen LogP contribution in [-0.2, 0) is 26.3 Å². The number of rotatable bonds is 2. The van der Waals surface area contributed by atoms with E-state index in [2.05, 4.69) is 10.6 Å². The van der Waals surface area contributed by atoms with Crippen LogP contribution in [0.5, 0.6) is 5.75 Å². The highest BCUT2D eigenvalue weighted by Crippen LogP contribution is 2.54. The van der Waals surface area contributed by atoms with Crippen LogP contribution in [0, 0.1) is 11.8 Å². The van der Waals surface area contributed by atoms with E-state index in [1.165, 1.54) is 4.90 Å². The fourth-order valence-corrected chi connectivity index (χ4v) is 5.67. The van der Waals surface area contributed by atoms with Crippen molar-refractivity contribution in [2.24, 2.45) is 11.8 Å². The Morgan fingerprint density at radius 2 is 1.75 bits per heavy atom. The van der Waals surface area contributed by atoms with E-state index < -0.39 is 29.0 Å². The van der Waals surface area contributed by atoms with Crippen molar-refractivity contribution in [2.45, 2.75) is 44.3 Å². The van der Waals surface area contributed by atoms with Gasteiger partial charge in [-0.3, -0.25) is 24.6 Å². The number of likely N-dealkylation sites (tertiary alicyclic amines) is 1. The summed E-state index contributed by atoms with van der Waals surface area (Å²) >= 11 is 6.27. The van der Waals surface area contributed by atoms with Gasteiger partial charge in [0, 0.05) is 27.9 Å². The standard InChI is InChI=1S/C24H24ClN3O4/c1-23(2,3)28-20(30)18-17(10-12-4-7-14(29)8-5-12)27-24(19(18)21(28)31)15-11-13(25)6-9-16(15)26-22(24)32/h4-9,11,17-19,27,29H,10H2,1-3H3,(H,26,32)/t17-,18+,19-,24-/m0/s1. The van der Waals surface area contributed by atoms with E-state index in [0.717, 1.165) is 5.56 Å². The number of hydrogen-bond acceptors (Lipinski definition) is 5. The summed E-state index contributed by atoms with van der Waals surface area (Å²) in [6.07, 6.45) is 0.420. The van der Waals surface area contributed by atoms with Crippen LogP contribution in [0.1, 0.15) is 31.9 Å². The number of imide groups is 1. The zero-order valence-corrected chi connectivity index (χ0v) is 18.7. The molecule has 2 fully saturated rings. The van der Waals surface area contributed by atoms with Crippen LogP contribution in [0.2, 0.25) is 5.02 Å². The summed E-state index contributed by atoms with van der Waals surface area (Å²) in [6.45, 7) is 5.45. The molecule has 3 aliphatic rings. The molecule has 2 aromatic rings. The summed E-state index contributed by atoms with van der Waals surface area (Å²) in [4.78, 5) is 42.0. The predicted molar refractivity (Wildman–Crippen MR) is 119 cm³/mol. The van der Waals surface area contributed by atoms with Crippen molar-refractivity contribution in [2.75, 3.05) is 5.32 Å². The number of nitrogens with zero attached hydrogens (tertiary/aromatic N) is 1. The topological polar surface area (TPSA) is 98.7 Å². The number of phenolic OH excluding ortho intramolecular Hbond substituents is 1. The Morgan fingerprint density at radius 1 is 1.06 bits per heavy atom. The van der Waals surface area contributed by atoms with Gasteiger partial charge in [0.2, 0.25) is 17.7 Å². The Bertz CT molecular complexity index is 1160. The predicted octanol–water partition coefficient (Wildman–Crippen LogP) is 2.81. The highest BCUT2D eigenvalue weighted by molar-refractivity contribution is 6.31. The molecule has 3 N–H and O–H groups in total. The lowest BCUT2D eigenvalue weighted by Gasteiger charge is -2.34. The summed E-state index contributed by atoms with van der Waals surface area (Å²) in [6, 6.07) is 11.4. The van der Waals surface area contributed by atoms with Crippen molar-refractivity contribution in [1.82, 2.24) is 10.2 Å². The number of hydrogen-bond donors (Lipinski definition) is 3. The van der Waals surface area contributed by atoms with Gasteiger partial charge < -0.3 is 10.4 Å². The van der Waals surface area contributed by atoms with Crippen molar-refractivity contribution in [3.8, 4) is 5.75 Å². The lowest BCUT2D eigenvalue weighted by atomic mass is 9.76. The van der Waals surface area contributed by atoms with E-state index in [-0.39, 0.29) is 23.5 Å². The number of nitrogens with one attached hydrogen (secondary N) is 2. The Kier molecular flexibility index (Phi) is 4.45. The quantitative estimate of drug-likeness (QED) is 0.607. The van der Waals surface area contributed by atoms with E-state index in [9.17, 15) is 19.5 Å². The first-order valence-corrected chi connectivity index (χ1v) is 11.0. The van der Waals surface area contributed by atoms with Crippen LogP contribution in [0.15, 0.2) is 42.5 Å². The van der Waals surface area contributed by atoms with E-state index in [0.29, 0.717) is 22.7 Å². The van der Waals surface area contributed by atoms with Gasteiger partial charge in [-0.15, -0.1) is 0 Å².